The lowest BCUT2D eigenvalue weighted by Crippen LogP contribution is -2.19. The largest absolute Gasteiger partial charge is 0.353 e. The van der Waals surface area contributed by atoms with Crippen molar-refractivity contribution in [3.05, 3.63) is 40.4 Å². The van der Waals surface area contributed by atoms with Crippen LogP contribution in [0, 0.1) is 0 Å². The Hall–Kier alpha value is -1.61. The van der Waals surface area contributed by atoms with Crippen molar-refractivity contribution in [1.29, 1.82) is 0 Å². The Kier molecular flexibility index (Phi) is 4.91. The summed E-state index contributed by atoms with van der Waals surface area (Å²) in [6.45, 7) is 3.42. The monoisotopic (exact) mass is 251 g/mol. The first kappa shape index (κ1) is 13.5. The Morgan fingerprint density at radius 1 is 1.35 bits per heavy atom. The molecule has 3 nitrogen and oxygen atoms in total. The van der Waals surface area contributed by atoms with E-state index in [9.17, 15) is 9.59 Å². The van der Waals surface area contributed by atoms with Gasteiger partial charge in [-0.05, 0) is 18.6 Å². The number of carbonyl (C=O) groups is 2. The zero-order chi connectivity index (χ0) is 12.8. The van der Waals surface area contributed by atoms with E-state index in [0.29, 0.717) is 17.1 Å². The van der Waals surface area contributed by atoms with Gasteiger partial charge in [0.15, 0.2) is 5.78 Å². The molecule has 1 rings (SSSR count). The molecule has 0 atom stereocenters. The maximum atomic E-state index is 11.1. The topological polar surface area (TPSA) is 46.2 Å². The predicted octanol–water partition coefficient (Wildman–Crippen LogP) is 2.69. The van der Waals surface area contributed by atoms with Gasteiger partial charge in [-0.1, -0.05) is 35.9 Å². The molecule has 0 radical (unpaired) electrons. The van der Waals surface area contributed by atoms with Crippen LogP contribution in [-0.2, 0) is 4.79 Å². The van der Waals surface area contributed by atoms with Crippen LogP contribution in [-0.4, -0.2) is 18.2 Å². The quantitative estimate of drug-likeness (QED) is 0.837. The fraction of sp³-hybridized carbons (Fsp3) is 0.231. The van der Waals surface area contributed by atoms with Crippen LogP contribution in [0.2, 0.25) is 5.02 Å². The number of hydrogen-bond acceptors (Lipinski definition) is 2. The molecular weight excluding hydrogens is 238 g/mol. The lowest BCUT2D eigenvalue weighted by atomic mass is 10.1. The van der Waals surface area contributed by atoms with Crippen LogP contribution in [0.3, 0.4) is 0 Å². The summed E-state index contributed by atoms with van der Waals surface area (Å²) in [5, 5.41) is 3.17. The first-order valence-corrected chi connectivity index (χ1v) is 5.60. The zero-order valence-corrected chi connectivity index (χ0v) is 10.5. The molecule has 17 heavy (non-hydrogen) atoms. The molecule has 0 aromatic heterocycles. The second-order valence-corrected chi connectivity index (χ2v) is 4.04. The third-order valence-electron chi connectivity index (χ3n) is 2.17. The smallest absolute Gasteiger partial charge is 0.217 e. The molecular formula is C13H14ClNO2. The highest BCUT2D eigenvalue weighted by Crippen LogP contribution is 2.19. The lowest BCUT2D eigenvalue weighted by molar-refractivity contribution is -0.118. The zero-order valence-electron chi connectivity index (χ0n) is 9.79. The number of benzene rings is 1. The molecule has 0 heterocycles. The summed E-state index contributed by atoms with van der Waals surface area (Å²) < 4.78 is 0. The minimum absolute atomic E-state index is 0.0133. The van der Waals surface area contributed by atoms with Crippen LogP contribution < -0.4 is 5.32 Å². The van der Waals surface area contributed by atoms with E-state index in [2.05, 4.69) is 5.32 Å². The number of halogens is 1. The van der Waals surface area contributed by atoms with E-state index in [0.717, 1.165) is 5.56 Å². The fourth-order valence-corrected chi connectivity index (χ4v) is 1.51. The Balaban J connectivity index is 2.72. The number of ketones is 1. The molecule has 0 aliphatic carbocycles. The SMILES string of the molecule is CC(=O)NCC=Cc1ccc(C(C)=O)cc1Cl. The van der Waals surface area contributed by atoms with E-state index in [4.69, 9.17) is 11.6 Å². The van der Waals surface area contributed by atoms with Crippen LogP contribution in [0.4, 0.5) is 0 Å². The van der Waals surface area contributed by atoms with Crippen LogP contribution in [0.15, 0.2) is 24.3 Å². The van der Waals surface area contributed by atoms with Crippen molar-refractivity contribution < 1.29 is 9.59 Å². The van der Waals surface area contributed by atoms with Crippen molar-refractivity contribution >= 4 is 29.4 Å². The van der Waals surface area contributed by atoms with Crippen LogP contribution in [0.1, 0.15) is 29.8 Å². The molecule has 0 spiro atoms. The summed E-state index contributed by atoms with van der Waals surface area (Å²) in [6, 6.07) is 5.15. The maximum absolute atomic E-state index is 11.1. The summed E-state index contributed by atoms with van der Waals surface area (Å²) in [5.41, 5.74) is 1.41. The lowest BCUT2D eigenvalue weighted by Gasteiger charge is -2.01. The van der Waals surface area contributed by atoms with Gasteiger partial charge >= 0.3 is 0 Å². The van der Waals surface area contributed by atoms with E-state index in [1.807, 2.05) is 6.08 Å². The minimum atomic E-state index is -0.0762. The molecule has 1 aromatic carbocycles. The van der Waals surface area contributed by atoms with Gasteiger partial charge in [0, 0.05) is 24.1 Å². The number of carbonyl (C=O) groups excluding carboxylic acids is 2. The third kappa shape index (κ3) is 4.41. The van der Waals surface area contributed by atoms with Crippen molar-refractivity contribution in [2.24, 2.45) is 0 Å². The van der Waals surface area contributed by atoms with E-state index in [-0.39, 0.29) is 11.7 Å². The van der Waals surface area contributed by atoms with Crippen molar-refractivity contribution in [2.75, 3.05) is 6.54 Å². The van der Waals surface area contributed by atoms with Crippen molar-refractivity contribution in [1.82, 2.24) is 5.32 Å². The number of amides is 1. The highest BCUT2D eigenvalue weighted by molar-refractivity contribution is 6.32. The molecule has 0 aliphatic heterocycles. The van der Waals surface area contributed by atoms with Gasteiger partial charge < -0.3 is 5.32 Å². The van der Waals surface area contributed by atoms with Crippen LogP contribution >= 0.6 is 11.6 Å². The third-order valence-corrected chi connectivity index (χ3v) is 2.50. The van der Waals surface area contributed by atoms with E-state index < -0.39 is 0 Å². The fourth-order valence-electron chi connectivity index (χ4n) is 1.27. The summed E-state index contributed by atoms with van der Waals surface area (Å²) in [6.07, 6.45) is 3.61. The first-order valence-electron chi connectivity index (χ1n) is 5.22. The number of nitrogens with one attached hydrogen (secondary N) is 1. The molecule has 1 N–H and O–H groups in total. The molecule has 0 fully saturated rings. The summed E-state index contributed by atoms with van der Waals surface area (Å²) >= 11 is 6.02. The van der Waals surface area contributed by atoms with E-state index in [1.165, 1.54) is 13.8 Å². The highest BCUT2D eigenvalue weighted by Gasteiger charge is 2.02. The molecule has 1 aromatic rings. The molecule has 0 saturated heterocycles. The number of rotatable bonds is 4. The van der Waals surface area contributed by atoms with Gasteiger partial charge in [0.05, 0.1) is 0 Å². The molecule has 0 unspecified atom stereocenters. The van der Waals surface area contributed by atoms with Crippen molar-refractivity contribution in [3.63, 3.8) is 0 Å². The van der Waals surface area contributed by atoms with Gasteiger partial charge in [-0.25, -0.2) is 0 Å². The summed E-state index contributed by atoms with van der Waals surface area (Å²) in [5.74, 6) is -0.0895. The normalized spacial score (nSPS) is 10.5. The number of hydrogen-bond donors (Lipinski definition) is 1. The predicted molar refractivity (Wildman–Crippen MR) is 69.2 cm³/mol. The van der Waals surface area contributed by atoms with Crippen molar-refractivity contribution in [3.8, 4) is 0 Å². The maximum Gasteiger partial charge on any atom is 0.217 e. The van der Waals surface area contributed by atoms with Crippen LogP contribution in [0.25, 0.3) is 6.08 Å². The average Bonchev–Trinajstić information content (AvgIpc) is 2.25. The summed E-state index contributed by atoms with van der Waals surface area (Å²) in [4.78, 5) is 21.8. The molecule has 0 bridgehead atoms. The Morgan fingerprint density at radius 2 is 2.06 bits per heavy atom. The van der Waals surface area contributed by atoms with Gasteiger partial charge in [0.25, 0.3) is 0 Å². The first-order chi connectivity index (χ1) is 8.00. The molecule has 0 saturated carbocycles. The van der Waals surface area contributed by atoms with Gasteiger partial charge in [0.1, 0.15) is 0 Å². The molecule has 1 amide bonds. The van der Waals surface area contributed by atoms with Gasteiger partial charge in [-0.15, -0.1) is 0 Å². The van der Waals surface area contributed by atoms with Gasteiger partial charge in [-0.2, -0.15) is 0 Å². The van der Waals surface area contributed by atoms with Gasteiger partial charge in [-0.3, -0.25) is 9.59 Å². The molecule has 0 aliphatic rings. The Labute approximate surface area is 105 Å². The molecule has 4 heteroatoms. The van der Waals surface area contributed by atoms with Crippen molar-refractivity contribution in [2.45, 2.75) is 13.8 Å². The standard InChI is InChI=1S/C13H14ClNO2/c1-9(16)12-6-5-11(13(14)8-12)4-3-7-15-10(2)17/h3-6,8H,7H2,1-2H3,(H,15,17). The van der Waals surface area contributed by atoms with Crippen LogP contribution in [0.5, 0.6) is 0 Å². The van der Waals surface area contributed by atoms with E-state index in [1.54, 1.807) is 24.3 Å². The second kappa shape index (κ2) is 6.21. The minimum Gasteiger partial charge on any atom is -0.353 e. The Morgan fingerprint density at radius 3 is 2.59 bits per heavy atom. The summed E-state index contributed by atoms with van der Waals surface area (Å²) in [7, 11) is 0. The highest BCUT2D eigenvalue weighted by atomic mass is 35.5. The second-order valence-electron chi connectivity index (χ2n) is 3.63. The average molecular weight is 252 g/mol. The van der Waals surface area contributed by atoms with E-state index >= 15 is 0 Å². The Bertz CT molecular complexity index is 466. The molecule has 90 valence electrons. The van der Waals surface area contributed by atoms with Gasteiger partial charge in [0.2, 0.25) is 5.91 Å². The number of Topliss-reactive ketones (excluding diaryl/α,β-unsaturated/α-hetero) is 1.